The first-order valence-corrected chi connectivity index (χ1v) is 10.5. The molecule has 0 N–H and O–H groups in total. The molecule has 0 saturated heterocycles. The molecule has 0 radical (unpaired) electrons. The summed E-state index contributed by atoms with van der Waals surface area (Å²) in [7, 11) is 3.17. The fourth-order valence-corrected chi connectivity index (χ4v) is 3.76. The van der Waals surface area contributed by atoms with Crippen molar-refractivity contribution in [3.63, 3.8) is 0 Å². The third kappa shape index (κ3) is 4.25. The Kier molecular flexibility index (Phi) is 5.91. The molecule has 1 amide bonds. The number of nitrogens with zero attached hydrogens (tertiary/aromatic N) is 2. The molecule has 0 saturated carbocycles. The number of hydrogen-bond acceptors (Lipinski definition) is 4. The van der Waals surface area contributed by atoms with Crippen LogP contribution in [0.2, 0.25) is 0 Å². The zero-order valence-corrected chi connectivity index (χ0v) is 19.0. The van der Waals surface area contributed by atoms with Crippen molar-refractivity contribution in [2.24, 2.45) is 4.99 Å². The van der Waals surface area contributed by atoms with Crippen molar-refractivity contribution in [2.75, 3.05) is 19.1 Å². The molecule has 1 aliphatic rings. The summed E-state index contributed by atoms with van der Waals surface area (Å²) in [4.78, 5) is 19.8. The van der Waals surface area contributed by atoms with Gasteiger partial charge in [-0.2, -0.15) is 0 Å². The maximum atomic E-state index is 13.4. The van der Waals surface area contributed by atoms with E-state index in [-0.39, 0.29) is 5.91 Å². The molecular weight excluding hydrogens is 456 g/mol. The number of halogens is 1. The number of amides is 1. The van der Waals surface area contributed by atoms with Crippen molar-refractivity contribution in [2.45, 2.75) is 6.92 Å². The average Bonchev–Trinajstić information content (AvgIpc) is 3.10. The van der Waals surface area contributed by atoms with Gasteiger partial charge in [0.2, 0.25) is 0 Å². The normalized spacial score (nSPS) is 14.7. The highest BCUT2D eigenvalue weighted by molar-refractivity contribution is 9.10. The van der Waals surface area contributed by atoms with Crippen LogP contribution in [0.3, 0.4) is 0 Å². The van der Waals surface area contributed by atoms with E-state index in [1.807, 2.05) is 67.6 Å². The molecule has 0 aromatic heterocycles. The molecule has 0 fully saturated rings. The lowest BCUT2D eigenvalue weighted by Gasteiger charge is -2.19. The van der Waals surface area contributed by atoms with E-state index in [0.717, 1.165) is 26.9 Å². The number of ether oxygens (including phenoxy) is 2. The van der Waals surface area contributed by atoms with Gasteiger partial charge in [-0.1, -0.05) is 57.9 Å². The van der Waals surface area contributed by atoms with Crippen LogP contribution in [0.5, 0.6) is 11.5 Å². The number of amidine groups is 1. The number of anilines is 1. The lowest BCUT2D eigenvalue weighted by atomic mass is 10.1. The second-order valence-electron chi connectivity index (χ2n) is 7.07. The molecule has 3 aromatic carbocycles. The predicted octanol–water partition coefficient (Wildman–Crippen LogP) is 5.61. The Labute approximate surface area is 189 Å². The van der Waals surface area contributed by atoms with Crippen molar-refractivity contribution in [1.82, 2.24) is 0 Å². The Balaban J connectivity index is 1.81. The van der Waals surface area contributed by atoms with Crippen LogP contribution < -0.4 is 14.4 Å². The minimum absolute atomic E-state index is 0.191. The van der Waals surface area contributed by atoms with E-state index in [1.165, 1.54) is 0 Å². The van der Waals surface area contributed by atoms with Crippen LogP contribution in [-0.2, 0) is 4.79 Å². The molecule has 0 spiro atoms. The quantitative estimate of drug-likeness (QED) is 0.449. The SMILES string of the molecule is COc1ccc(/C=C2/N=C(c3ccc(C)cc3)N(c3cccc(Br)c3)C2=O)cc1OC. The molecule has 5 nitrogen and oxygen atoms in total. The highest BCUT2D eigenvalue weighted by Crippen LogP contribution is 2.32. The van der Waals surface area contributed by atoms with Crippen LogP contribution >= 0.6 is 15.9 Å². The third-order valence-electron chi connectivity index (χ3n) is 4.95. The third-order valence-corrected chi connectivity index (χ3v) is 5.44. The van der Waals surface area contributed by atoms with Gasteiger partial charge in [-0.25, -0.2) is 4.99 Å². The second kappa shape index (κ2) is 8.78. The van der Waals surface area contributed by atoms with Gasteiger partial charge in [-0.05, 0) is 48.9 Å². The number of benzene rings is 3. The first kappa shape index (κ1) is 20.9. The summed E-state index contributed by atoms with van der Waals surface area (Å²) in [6.45, 7) is 2.03. The van der Waals surface area contributed by atoms with Crippen LogP contribution in [0.25, 0.3) is 6.08 Å². The molecular formula is C25H21BrN2O3. The maximum Gasteiger partial charge on any atom is 0.282 e. The van der Waals surface area contributed by atoms with E-state index in [9.17, 15) is 4.79 Å². The Morgan fingerprint density at radius 1 is 0.935 bits per heavy atom. The molecule has 1 aliphatic heterocycles. The molecule has 0 aliphatic carbocycles. The topological polar surface area (TPSA) is 51.1 Å². The Bertz CT molecular complexity index is 1200. The van der Waals surface area contributed by atoms with Gasteiger partial charge in [-0.3, -0.25) is 9.69 Å². The first-order chi connectivity index (χ1) is 15.0. The monoisotopic (exact) mass is 476 g/mol. The van der Waals surface area contributed by atoms with E-state index < -0.39 is 0 Å². The van der Waals surface area contributed by atoms with Gasteiger partial charge in [0, 0.05) is 10.0 Å². The van der Waals surface area contributed by atoms with Crippen LogP contribution in [-0.4, -0.2) is 26.0 Å². The Hall–Kier alpha value is -3.38. The smallest absolute Gasteiger partial charge is 0.282 e. The lowest BCUT2D eigenvalue weighted by Crippen LogP contribution is -2.32. The van der Waals surface area contributed by atoms with Gasteiger partial charge in [0.15, 0.2) is 11.5 Å². The number of hydrogen-bond donors (Lipinski definition) is 0. The summed E-state index contributed by atoms with van der Waals surface area (Å²) in [6, 6.07) is 21.1. The number of carbonyl (C=O) groups is 1. The maximum absolute atomic E-state index is 13.4. The van der Waals surface area contributed by atoms with E-state index in [4.69, 9.17) is 14.5 Å². The van der Waals surface area contributed by atoms with Crippen LogP contribution in [0.4, 0.5) is 5.69 Å². The van der Waals surface area contributed by atoms with Crippen molar-refractivity contribution < 1.29 is 14.3 Å². The molecule has 0 atom stereocenters. The van der Waals surface area contributed by atoms with Crippen molar-refractivity contribution >= 4 is 39.4 Å². The Morgan fingerprint density at radius 2 is 1.68 bits per heavy atom. The van der Waals surface area contributed by atoms with Crippen LogP contribution in [0, 0.1) is 6.92 Å². The molecule has 6 heteroatoms. The van der Waals surface area contributed by atoms with Gasteiger partial charge in [0.25, 0.3) is 5.91 Å². The minimum Gasteiger partial charge on any atom is -0.493 e. The molecule has 0 bridgehead atoms. The van der Waals surface area contributed by atoms with Gasteiger partial charge < -0.3 is 9.47 Å². The summed E-state index contributed by atoms with van der Waals surface area (Å²) in [5.74, 6) is 1.62. The fraction of sp³-hybridized carbons (Fsp3) is 0.120. The van der Waals surface area contributed by atoms with Gasteiger partial charge in [0.05, 0.1) is 19.9 Å². The summed E-state index contributed by atoms with van der Waals surface area (Å²) >= 11 is 3.50. The molecule has 1 heterocycles. The van der Waals surface area contributed by atoms with E-state index >= 15 is 0 Å². The molecule has 156 valence electrons. The van der Waals surface area contributed by atoms with E-state index in [0.29, 0.717) is 23.0 Å². The van der Waals surface area contributed by atoms with E-state index in [2.05, 4.69) is 15.9 Å². The summed E-state index contributed by atoms with van der Waals surface area (Å²) in [5, 5.41) is 0. The second-order valence-corrected chi connectivity index (χ2v) is 7.98. The Morgan fingerprint density at radius 3 is 2.35 bits per heavy atom. The average molecular weight is 477 g/mol. The summed E-state index contributed by atoms with van der Waals surface area (Å²) in [5.41, 5.74) is 3.90. The minimum atomic E-state index is -0.191. The molecule has 4 rings (SSSR count). The van der Waals surface area contributed by atoms with Gasteiger partial charge in [0.1, 0.15) is 11.5 Å². The summed E-state index contributed by atoms with van der Waals surface area (Å²) in [6.07, 6.45) is 1.76. The van der Waals surface area contributed by atoms with Gasteiger partial charge in [-0.15, -0.1) is 0 Å². The van der Waals surface area contributed by atoms with Crippen molar-refractivity contribution in [1.29, 1.82) is 0 Å². The summed E-state index contributed by atoms with van der Waals surface area (Å²) < 4.78 is 11.6. The largest absolute Gasteiger partial charge is 0.493 e. The zero-order valence-electron chi connectivity index (χ0n) is 17.4. The lowest BCUT2D eigenvalue weighted by molar-refractivity contribution is -0.113. The zero-order chi connectivity index (χ0) is 22.0. The number of rotatable bonds is 5. The highest BCUT2D eigenvalue weighted by atomic mass is 79.9. The van der Waals surface area contributed by atoms with Crippen LogP contribution in [0.15, 0.2) is 81.9 Å². The first-order valence-electron chi connectivity index (χ1n) is 9.69. The van der Waals surface area contributed by atoms with Crippen LogP contribution in [0.1, 0.15) is 16.7 Å². The fourth-order valence-electron chi connectivity index (χ4n) is 3.37. The van der Waals surface area contributed by atoms with Gasteiger partial charge >= 0.3 is 0 Å². The van der Waals surface area contributed by atoms with Crippen molar-refractivity contribution in [3.8, 4) is 11.5 Å². The number of methoxy groups -OCH3 is 2. The number of carbonyl (C=O) groups excluding carboxylic acids is 1. The highest BCUT2D eigenvalue weighted by Gasteiger charge is 2.32. The number of aryl methyl sites for hydroxylation is 1. The van der Waals surface area contributed by atoms with Crippen molar-refractivity contribution in [3.05, 3.63) is 93.6 Å². The molecule has 31 heavy (non-hydrogen) atoms. The predicted molar refractivity (Wildman–Crippen MR) is 127 cm³/mol. The standard InChI is InChI=1S/C25H21BrN2O3/c1-16-7-10-18(11-8-16)24-27-21(13-17-9-12-22(30-2)23(14-17)31-3)25(29)28(24)20-6-4-5-19(26)15-20/h4-15H,1-3H3/b21-13+. The van der Waals surface area contributed by atoms with E-state index in [1.54, 1.807) is 31.3 Å². The number of aliphatic imine (C=N–C) groups is 1. The molecule has 0 unspecified atom stereocenters. The molecule has 3 aromatic rings.